The number of nitriles is 1. The number of nitrogens with one attached hydrogen (secondary N) is 2. The third-order valence-electron chi connectivity index (χ3n) is 8.79. The highest BCUT2D eigenvalue weighted by Gasteiger charge is 2.27. The maximum Gasteiger partial charge on any atom is 0.267 e. The van der Waals surface area contributed by atoms with E-state index in [2.05, 4.69) is 20.4 Å². The highest BCUT2D eigenvalue weighted by Crippen LogP contribution is 2.40. The van der Waals surface area contributed by atoms with Crippen LogP contribution in [0.1, 0.15) is 35.2 Å². The molecule has 11 nitrogen and oxygen atoms in total. The Hall–Kier alpha value is -5.97. The molecule has 0 unspecified atom stereocenters. The fraction of sp³-hybridized carbons (Fsp3) is 0.194. The number of rotatable bonds is 8. The zero-order valence-corrected chi connectivity index (χ0v) is 26.3. The van der Waals surface area contributed by atoms with Crippen molar-refractivity contribution in [1.82, 2.24) is 30.3 Å². The lowest BCUT2D eigenvalue weighted by molar-refractivity contribution is -0.124. The molecule has 7 rings (SSSR count). The standard InChI is InChI=1S/C36H30F2N8O3/c1-21-27-17-30(38)28(18-31(27)49-44-21)33-34(24-7-8-25(19-39)29(37)16-24)42-36(46-15-12-40-35(33)46)45-13-10-26(11-14-45)41-20-23-4-2-22(3-5-23)6-9-32(47)43-48/h2-9,12,15-18,26,41,48H,10-11,13-14,20H2,1H3,(H,43,47)/b9-6+. The van der Waals surface area contributed by atoms with Gasteiger partial charge in [0.05, 0.1) is 22.5 Å². The van der Waals surface area contributed by atoms with Crippen LogP contribution in [0.2, 0.25) is 0 Å². The van der Waals surface area contributed by atoms with Crippen molar-refractivity contribution >= 4 is 34.5 Å². The second kappa shape index (κ2) is 13.3. The minimum absolute atomic E-state index is 0.105. The zero-order valence-electron chi connectivity index (χ0n) is 26.3. The van der Waals surface area contributed by atoms with E-state index in [1.54, 1.807) is 43.0 Å². The van der Waals surface area contributed by atoms with Gasteiger partial charge in [-0.05, 0) is 61.2 Å². The van der Waals surface area contributed by atoms with Gasteiger partial charge in [-0.2, -0.15) is 5.26 Å². The average Bonchev–Trinajstić information content (AvgIpc) is 3.76. The lowest BCUT2D eigenvalue weighted by Crippen LogP contribution is -2.43. The molecule has 49 heavy (non-hydrogen) atoms. The third-order valence-corrected chi connectivity index (χ3v) is 8.79. The molecule has 1 amide bonds. The van der Waals surface area contributed by atoms with E-state index in [1.807, 2.05) is 34.7 Å². The number of carbonyl (C=O) groups is 1. The summed E-state index contributed by atoms with van der Waals surface area (Å²) < 4.78 is 38.2. The second-order valence-electron chi connectivity index (χ2n) is 11.9. The van der Waals surface area contributed by atoms with E-state index in [4.69, 9.17) is 14.7 Å². The number of piperidine rings is 1. The van der Waals surface area contributed by atoms with E-state index in [0.717, 1.165) is 24.0 Å². The number of benzene rings is 3. The van der Waals surface area contributed by atoms with Gasteiger partial charge in [0.1, 0.15) is 23.4 Å². The van der Waals surface area contributed by atoms with Gasteiger partial charge in [0.2, 0.25) is 5.95 Å². The van der Waals surface area contributed by atoms with Gasteiger partial charge in [0.15, 0.2) is 5.58 Å². The summed E-state index contributed by atoms with van der Waals surface area (Å²) >= 11 is 0. The van der Waals surface area contributed by atoms with Crippen molar-refractivity contribution in [3.05, 3.63) is 107 Å². The molecule has 3 aromatic heterocycles. The molecule has 3 aromatic carbocycles. The molecule has 1 aliphatic heterocycles. The predicted molar refractivity (Wildman–Crippen MR) is 178 cm³/mol. The fourth-order valence-electron chi connectivity index (χ4n) is 6.17. The van der Waals surface area contributed by atoms with Crippen LogP contribution >= 0.6 is 0 Å². The van der Waals surface area contributed by atoms with Crippen LogP contribution in [-0.4, -0.2) is 49.8 Å². The van der Waals surface area contributed by atoms with Crippen LogP contribution in [0.4, 0.5) is 14.7 Å². The maximum absolute atomic E-state index is 15.9. The summed E-state index contributed by atoms with van der Waals surface area (Å²) in [6.45, 7) is 3.75. The van der Waals surface area contributed by atoms with Crippen molar-refractivity contribution < 1.29 is 23.3 Å². The Balaban J connectivity index is 1.17. The largest absolute Gasteiger partial charge is 0.356 e. The molecule has 0 aliphatic carbocycles. The molecule has 4 heterocycles. The average molecular weight is 661 g/mol. The number of carbonyl (C=O) groups excluding carboxylic acids is 1. The van der Waals surface area contributed by atoms with Gasteiger partial charge in [-0.3, -0.25) is 14.4 Å². The van der Waals surface area contributed by atoms with Crippen molar-refractivity contribution in [2.24, 2.45) is 0 Å². The summed E-state index contributed by atoms with van der Waals surface area (Å²) in [5, 5.41) is 26.1. The number of hydroxylamine groups is 1. The SMILES string of the molecule is Cc1noc2cc(-c3c(-c4ccc(C#N)c(F)c4)nc(N4CCC(NCc5ccc(/C=C/C(=O)NO)cc5)CC4)n4ccnc34)c(F)cc12. The van der Waals surface area contributed by atoms with Crippen molar-refractivity contribution in [1.29, 1.82) is 5.26 Å². The van der Waals surface area contributed by atoms with Crippen molar-refractivity contribution in [2.45, 2.75) is 32.4 Å². The van der Waals surface area contributed by atoms with Gasteiger partial charge < -0.3 is 14.7 Å². The monoisotopic (exact) mass is 660 g/mol. The summed E-state index contributed by atoms with van der Waals surface area (Å²) in [5.74, 6) is -1.23. The predicted octanol–water partition coefficient (Wildman–Crippen LogP) is 5.94. The molecule has 246 valence electrons. The first-order valence-corrected chi connectivity index (χ1v) is 15.7. The summed E-state index contributed by atoms with van der Waals surface area (Å²) in [6.07, 6.45) is 7.92. The molecule has 0 spiro atoms. The summed E-state index contributed by atoms with van der Waals surface area (Å²) in [7, 11) is 0. The quantitative estimate of drug-likeness (QED) is 0.103. The van der Waals surface area contributed by atoms with Crippen LogP contribution in [0, 0.1) is 29.9 Å². The minimum atomic E-state index is -0.702. The first-order valence-electron chi connectivity index (χ1n) is 15.7. The highest BCUT2D eigenvalue weighted by molar-refractivity contribution is 5.95. The number of aryl methyl sites for hydroxylation is 1. The molecular formula is C36H30F2N8O3. The Labute approximate surface area is 279 Å². The number of anilines is 1. The lowest BCUT2D eigenvalue weighted by atomic mass is 9.97. The van der Waals surface area contributed by atoms with E-state index in [-0.39, 0.29) is 17.2 Å². The molecule has 6 aromatic rings. The van der Waals surface area contributed by atoms with Gasteiger partial charge in [0.25, 0.3) is 5.91 Å². The van der Waals surface area contributed by atoms with Crippen molar-refractivity contribution in [2.75, 3.05) is 18.0 Å². The Kier molecular flexibility index (Phi) is 8.56. The van der Waals surface area contributed by atoms with Crippen LogP contribution in [0.15, 0.2) is 77.6 Å². The first kappa shape index (κ1) is 31.6. The zero-order chi connectivity index (χ0) is 34.1. The van der Waals surface area contributed by atoms with E-state index in [1.165, 1.54) is 24.3 Å². The molecule has 0 radical (unpaired) electrons. The Bertz CT molecular complexity index is 2260. The summed E-state index contributed by atoms with van der Waals surface area (Å²) in [6, 6.07) is 17.1. The van der Waals surface area contributed by atoms with Gasteiger partial charge in [-0.15, -0.1) is 0 Å². The summed E-state index contributed by atoms with van der Waals surface area (Å²) in [5.41, 5.74) is 6.03. The molecule has 3 N–H and O–H groups in total. The minimum Gasteiger partial charge on any atom is -0.356 e. The smallest absolute Gasteiger partial charge is 0.267 e. The Morgan fingerprint density at radius 1 is 1.12 bits per heavy atom. The normalized spacial score (nSPS) is 13.8. The Morgan fingerprint density at radius 3 is 2.65 bits per heavy atom. The number of aromatic nitrogens is 4. The Morgan fingerprint density at radius 2 is 1.92 bits per heavy atom. The van der Waals surface area contributed by atoms with Gasteiger partial charge in [0, 0.05) is 60.7 Å². The summed E-state index contributed by atoms with van der Waals surface area (Å²) in [4.78, 5) is 23.0. The van der Waals surface area contributed by atoms with Gasteiger partial charge in [-0.25, -0.2) is 24.2 Å². The van der Waals surface area contributed by atoms with E-state index < -0.39 is 17.5 Å². The molecule has 0 atom stereocenters. The molecular weight excluding hydrogens is 630 g/mol. The highest BCUT2D eigenvalue weighted by atomic mass is 19.1. The fourth-order valence-corrected chi connectivity index (χ4v) is 6.17. The van der Waals surface area contributed by atoms with E-state index >= 15 is 4.39 Å². The molecule has 1 aliphatic rings. The number of imidazole rings is 1. The lowest BCUT2D eigenvalue weighted by Gasteiger charge is -2.34. The van der Waals surface area contributed by atoms with Gasteiger partial charge in [-0.1, -0.05) is 35.5 Å². The third kappa shape index (κ3) is 6.22. The second-order valence-corrected chi connectivity index (χ2v) is 11.9. The van der Waals surface area contributed by atoms with Crippen LogP contribution in [-0.2, 0) is 11.3 Å². The van der Waals surface area contributed by atoms with E-state index in [9.17, 15) is 14.4 Å². The van der Waals surface area contributed by atoms with E-state index in [0.29, 0.717) is 64.7 Å². The van der Waals surface area contributed by atoms with Crippen LogP contribution in [0.5, 0.6) is 0 Å². The number of nitrogens with zero attached hydrogens (tertiary/aromatic N) is 6. The number of hydrogen-bond donors (Lipinski definition) is 3. The first-order chi connectivity index (χ1) is 23.8. The number of halogens is 2. The van der Waals surface area contributed by atoms with Crippen molar-refractivity contribution in [3.8, 4) is 28.5 Å². The number of fused-ring (bicyclic) bond motifs is 2. The maximum atomic E-state index is 15.9. The molecule has 0 saturated carbocycles. The molecule has 0 bridgehead atoms. The van der Waals surface area contributed by atoms with Crippen LogP contribution in [0.25, 0.3) is 45.1 Å². The van der Waals surface area contributed by atoms with Crippen LogP contribution in [0.3, 0.4) is 0 Å². The van der Waals surface area contributed by atoms with Gasteiger partial charge >= 0.3 is 0 Å². The van der Waals surface area contributed by atoms with Crippen molar-refractivity contribution in [3.63, 3.8) is 0 Å². The molecule has 1 saturated heterocycles. The van der Waals surface area contributed by atoms with Crippen LogP contribution < -0.4 is 15.7 Å². The molecule has 1 fully saturated rings. The number of hydrogen-bond acceptors (Lipinski definition) is 9. The number of amides is 1. The topological polar surface area (TPSA) is 145 Å². The molecule has 13 heteroatoms.